The highest BCUT2D eigenvalue weighted by Crippen LogP contribution is 2.37. The Morgan fingerprint density at radius 1 is 1.13 bits per heavy atom. The third-order valence-electron chi connectivity index (χ3n) is 5.15. The number of nitrogens with one attached hydrogen (secondary N) is 2. The van der Waals surface area contributed by atoms with E-state index in [2.05, 4.69) is 31.4 Å². The summed E-state index contributed by atoms with van der Waals surface area (Å²) in [5.41, 5.74) is 3.48. The molecule has 1 saturated carbocycles. The number of aryl methyl sites for hydroxylation is 2. The fourth-order valence-electron chi connectivity index (χ4n) is 3.83. The van der Waals surface area contributed by atoms with Gasteiger partial charge in [0.05, 0.1) is 6.54 Å². The van der Waals surface area contributed by atoms with Gasteiger partial charge in [0.2, 0.25) is 5.91 Å². The average Bonchev–Trinajstić information content (AvgIpc) is 2.48. The van der Waals surface area contributed by atoms with Crippen LogP contribution in [0, 0.1) is 25.2 Å². The summed E-state index contributed by atoms with van der Waals surface area (Å²) in [6.45, 7) is 11.4. The zero-order valence-corrected chi connectivity index (χ0v) is 15.3. The maximum atomic E-state index is 12.3. The molecule has 1 amide bonds. The Morgan fingerprint density at radius 2 is 1.74 bits per heavy atom. The lowest BCUT2D eigenvalue weighted by Crippen LogP contribution is -2.46. The number of benzene rings is 1. The van der Waals surface area contributed by atoms with Gasteiger partial charge in [0.25, 0.3) is 0 Å². The summed E-state index contributed by atoms with van der Waals surface area (Å²) in [5, 5.41) is 6.60. The van der Waals surface area contributed by atoms with Gasteiger partial charge in [-0.15, -0.1) is 0 Å². The molecular formula is C20H32N2O. The van der Waals surface area contributed by atoms with Gasteiger partial charge < -0.3 is 10.6 Å². The van der Waals surface area contributed by atoms with Crippen LogP contribution in [0.5, 0.6) is 0 Å². The molecule has 3 nitrogen and oxygen atoms in total. The van der Waals surface area contributed by atoms with Crippen molar-refractivity contribution in [3.63, 3.8) is 0 Å². The molecule has 0 radical (unpaired) electrons. The van der Waals surface area contributed by atoms with Crippen molar-refractivity contribution < 1.29 is 4.79 Å². The van der Waals surface area contributed by atoms with Crippen LogP contribution in [0.3, 0.4) is 0 Å². The van der Waals surface area contributed by atoms with E-state index in [1.165, 1.54) is 25.7 Å². The van der Waals surface area contributed by atoms with Crippen LogP contribution in [0.15, 0.2) is 18.2 Å². The quantitative estimate of drug-likeness (QED) is 0.862. The van der Waals surface area contributed by atoms with Gasteiger partial charge in [0, 0.05) is 11.7 Å². The number of hydrogen-bond donors (Lipinski definition) is 2. The van der Waals surface area contributed by atoms with Crippen molar-refractivity contribution in [2.75, 3.05) is 11.9 Å². The van der Waals surface area contributed by atoms with E-state index in [0.717, 1.165) is 16.8 Å². The number of carbonyl (C=O) groups is 1. The molecule has 0 heterocycles. The highest BCUT2D eigenvalue weighted by atomic mass is 16.1. The Balaban J connectivity index is 1.93. The molecule has 0 spiro atoms. The highest BCUT2D eigenvalue weighted by molar-refractivity contribution is 5.93. The van der Waals surface area contributed by atoms with Crippen molar-refractivity contribution in [3.05, 3.63) is 29.3 Å². The minimum absolute atomic E-state index is 0.0561. The molecule has 0 aromatic heterocycles. The molecule has 1 aliphatic rings. The Kier molecular flexibility index (Phi) is 5.85. The van der Waals surface area contributed by atoms with Crippen molar-refractivity contribution in [2.45, 2.75) is 66.3 Å². The first-order valence-electron chi connectivity index (χ1n) is 8.88. The van der Waals surface area contributed by atoms with Gasteiger partial charge >= 0.3 is 0 Å². The first-order chi connectivity index (χ1) is 10.8. The van der Waals surface area contributed by atoms with Crippen LogP contribution in [0.25, 0.3) is 0 Å². The van der Waals surface area contributed by atoms with E-state index in [4.69, 9.17) is 0 Å². The third-order valence-corrected chi connectivity index (χ3v) is 5.15. The third kappa shape index (κ3) is 4.81. The van der Waals surface area contributed by atoms with Crippen molar-refractivity contribution >= 4 is 11.6 Å². The van der Waals surface area contributed by atoms with Gasteiger partial charge in [-0.05, 0) is 49.1 Å². The van der Waals surface area contributed by atoms with Crippen LogP contribution in [0.2, 0.25) is 0 Å². The lowest BCUT2D eigenvalue weighted by atomic mass is 9.69. The Morgan fingerprint density at radius 3 is 2.35 bits per heavy atom. The normalized spacial score (nSPS) is 22.0. The minimum Gasteiger partial charge on any atom is -0.324 e. The van der Waals surface area contributed by atoms with Crippen LogP contribution < -0.4 is 10.6 Å². The van der Waals surface area contributed by atoms with Gasteiger partial charge in [-0.2, -0.15) is 0 Å². The van der Waals surface area contributed by atoms with E-state index in [-0.39, 0.29) is 5.91 Å². The molecule has 2 atom stereocenters. The smallest absolute Gasteiger partial charge is 0.238 e. The molecule has 3 heteroatoms. The molecule has 23 heavy (non-hydrogen) atoms. The maximum Gasteiger partial charge on any atom is 0.238 e. The second kappa shape index (κ2) is 7.48. The van der Waals surface area contributed by atoms with Crippen LogP contribution in [-0.4, -0.2) is 18.5 Å². The number of rotatable bonds is 4. The molecule has 2 rings (SSSR count). The summed E-state index contributed by atoms with van der Waals surface area (Å²) < 4.78 is 0. The molecule has 1 aromatic rings. The predicted octanol–water partition coefficient (Wildman–Crippen LogP) is 4.44. The van der Waals surface area contributed by atoms with E-state index < -0.39 is 0 Å². The second-order valence-corrected chi connectivity index (χ2v) is 8.06. The molecule has 1 aliphatic carbocycles. The topological polar surface area (TPSA) is 41.1 Å². The fraction of sp³-hybridized carbons (Fsp3) is 0.650. The maximum absolute atomic E-state index is 12.3. The van der Waals surface area contributed by atoms with Crippen LogP contribution in [-0.2, 0) is 4.79 Å². The number of para-hydroxylation sites is 1. The molecule has 1 fully saturated rings. The van der Waals surface area contributed by atoms with Crippen LogP contribution >= 0.6 is 0 Å². The predicted molar refractivity (Wildman–Crippen MR) is 97.7 cm³/mol. The Bertz CT molecular complexity index is 525. The van der Waals surface area contributed by atoms with E-state index in [9.17, 15) is 4.79 Å². The van der Waals surface area contributed by atoms with E-state index >= 15 is 0 Å². The van der Waals surface area contributed by atoms with E-state index in [1.54, 1.807) is 0 Å². The number of carbonyl (C=O) groups excluding carboxylic acids is 1. The molecule has 0 saturated heterocycles. The molecule has 128 valence electrons. The second-order valence-electron chi connectivity index (χ2n) is 8.06. The van der Waals surface area contributed by atoms with Crippen molar-refractivity contribution in [1.29, 1.82) is 0 Å². The van der Waals surface area contributed by atoms with Gasteiger partial charge in [-0.3, -0.25) is 4.79 Å². The van der Waals surface area contributed by atoms with Crippen molar-refractivity contribution in [2.24, 2.45) is 11.3 Å². The standard InChI is InChI=1S/C20H32N2O/c1-14-9-8-10-15(2)19(14)22-18(23)13-21-17-12-7-6-11-16(17)20(3,4)5/h8-10,16-17,21H,6-7,11-13H2,1-5H3,(H,22,23). The Labute approximate surface area is 141 Å². The number of hydrogen-bond acceptors (Lipinski definition) is 2. The average molecular weight is 316 g/mol. The monoisotopic (exact) mass is 316 g/mol. The van der Waals surface area contributed by atoms with Crippen molar-refractivity contribution in [3.8, 4) is 0 Å². The summed E-state index contributed by atoms with van der Waals surface area (Å²) in [5.74, 6) is 0.699. The van der Waals surface area contributed by atoms with Crippen LogP contribution in [0.1, 0.15) is 57.6 Å². The highest BCUT2D eigenvalue weighted by Gasteiger charge is 2.33. The molecular weight excluding hydrogens is 284 g/mol. The Hall–Kier alpha value is -1.35. The summed E-state index contributed by atoms with van der Waals surface area (Å²) in [6, 6.07) is 6.54. The molecule has 2 N–H and O–H groups in total. The largest absolute Gasteiger partial charge is 0.324 e. The summed E-state index contributed by atoms with van der Waals surface area (Å²) in [6.07, 6.45) is 5.02. The van der Waals surface area contributed by atoms with Crippen molar-refractivity contribution in [1.82, 2.24) is 5.32 Å². The SMILES string of the molecule is Cc1cccc(C)c1NC(=O)CNC1CCCCC1C(C)(C)C. The molecule has 1 aromatic carbocycles. The lowest BCUT2D eigenvalue weighted by molar-refractivity contribution is -0.115. The van der Waals surface area contributed by atoms with Gasteiger partial charge in [0.1, 0.15) is 0 Å². The number of anilines is 1. The van der Waals surface area contributed by atoms with E-state index in [1.807, 2.05) is 32.0 Å². The molecule has 0 aliphatic heterocycles. The van der Waals surface area contributed by atoms with Gasteiger partial charge in [-0.1, -0.05) is 51.8 Å². The summed E-state index contributed by atoms with van der Waals surface area (Å²) in [4.78, 5) is 12.3. The summed E-state index contributed by atoms with van der Waals surface area (Å²) >= 11 is 0. The zero-order chi connectivity index (χ0) is 17.0. The molecule has 2 unspecified atom stereocenters. The van der Waals surface area contributed by atoms with E-state index in [0.29, 0.717) is 23.9 Å². The van der Waals surface area contributed by atoms with Crippen LogP contribution in [0.4, 0.5) is 5.69 Å². The summed E-state index contributed by atoms with van der Waals surface area (Å²) in [7, 11) is 0. The first-order valence-corrected chi connectivity index (χ1v) is 8.88. The van der Waals surface area contributed by atoms with Gasteiger partial charge in [-0.25, -0.2) is 0 Å². The lowest BCUT2D eigenvalue weighted by Gasteiger charge is -2.41. The van der Waals surface area contributed by atoms with Gasteiger partial charge in [0.15, 0.2) is 0 Å². The fourth-order valence-corrected chi connectivity index (χ4v) is 3.83. The molecule has 0 bridgehead atoms. The minimum atomic E-state index is 0.0561. The first kappa shape index (κ1) is 18.0. The zero-order valence-electron chi connectivity index (χ0n) is 15.3. The number of amides is 1.